The summed E-state index contributed by atoms with van der Waals surface area (Å²) in [5.74, 6) is 1.59. The van der Waals surface area contributed by atoms with Crippen LogP contribution in [0.2, 0.25) is 0 Å². The molecular formula is C16H22N4. The number of rotatable bonds is 5. The van der Waals surface area contributed by atoms with Gasteiger partial charge in [-0.3, -0.25) is 0 Å². The highest BCUT2D eigenvalue weighted by atomic mass is 15.2. The van der Waals surface area contributed by atoms with Gasteiger partial charge in [-0.2, -0.15) is 4.98 Å². The summed E-state index contributed by atoms with van der Waals surface area (Å²) in [4.78, 5) is 10.7. The van der Waals surface area contributed by atoms with Gasteiger partial charge in [-0.25, -0.2) is 4.98 Å². The Kier molecular flexibility index (Phi) is 4.56. The van der Waals surface area contributed by atoms with E-state index < -0.39 is 0 Å². The summed E-state index contributed by atoms with van der Waals surface area (Å²) in [6.45, 7) is 5.15. The first-order valence-electron chi connectivity index (χ1n) is 6.87. The lowest BCUT2D eigenvalue weighted by atomic mass is 10.0. The standard InChI is InChI=1S/C16H22N4/c1-12-6-5-7-13(2)14(12)8-10-17-16-18-11-9-15(19-16)20(3)4/h5-7,9,11H,8,10H2,1-4H3,(H,17,18,19). The minimum atomic E-state index is 0.683. The fourth-order valence-corrected chi connectivity index (χ4v) is 2.23. The second-order valence-electron chi connectivity index (χ2n) is 5.18. The molecule has 0 fully saturated rings. The minimum absolute atomic E-state index is 0.683. The van der Waals surface area contributed by atoms with E-state index in [0.29, 0.717) is 5.95 Å². The number of nitrogens with one attached hydrogen (secondary N) is 1. The maximum atomic E-state index is 4.45. The third-order valence-corrected chi connectivity index (χ3v) is 3.40. The van der Waals surface area contributed by atoms with Crippen LogP contribution in [0.15, 0.2) is 30.5 Å². The van der Waals surface area contributed by atoms with Crippen molar-refractivity contribution in [3.8, 4) is 0 Å². The Balaban J connectivity index is 1.98. The Morgan fingerprint density at radius 1 is 1.10 bits per heavy atom. The van der Waals surface area contributed by atoms with Gasteiger partial charge in [-0.1, -0.05) is 18.2 Å². The molecule has 0 spiro atoms. The van der Waals surface area contributed by atoms with Crippen molar-refractivity contribution < 1.29 is 0 Å². The second-order valence-corrected chi connectivity index (χ2v) is 5.18. The van der Waals surface area contributed by atoms with E-state index in [4.69, 9.17) is 0 Å². The molecule has 106 valence electrons. The van der Waals surface area contributed by atoms with E-state index in [2.05, 4.69) is 47.3 Å². The molecule has 0 unspecified atom stereocenters. The molecule has 2 rings (SSSR count). The Labute approximate surface area is 120 Å². The van der Waals surface area contributed by atoms with E-state index in [1.807, 2.05) is 25.1 Å². The molecule has 4 nitrogen and oxygen atoms in total. The van der Waals surface area contributed by atoms with E-state index in [-0.39, 0.29) is 0 Å². The van der Waals surface area contributed by atoms with Crippen LogP contribution in [0.5, 0.6) is 0 Å². The third kappa shape index (κ3) is 3.47. The number of aryl methyl sites for hydroxylation is 2. The van der Waals surface area contributed by atoms with Crippen molar-refractivity contribution in [2.24, 2.45) is 0 Å². The molecule has 2 aromatic rings. The molecule has 0 saturated heterocycles. The van der Waals surface area contributed by atoms with Gasteiger partial charge >= 0.3 is 0 Å². The Morgan fingerprint density at radius 3 is 2.45 bits per heavy atom. The topological polar surface area (TPSA) is 41.1 Å². The highest BCUT2D eigenvalue weighted by Gasteiger charge is 2.03. The molecule has 0 aliphatic heterocycles. The number of benzene rings is 1. The molecule has 20 heavy (non-hydrogen) atoms. The molecule has 0 bridgehead atoms. The zero-order valence-electron chi connectivity index (χ0n) is 12.6. The van der Waals surface area contributed by atoms with Gasteiger partial charge in [0.05, 0.1) is 0 Å². The number of nitrogens with zero attached hydrogens (tertiary/aromatic N) is 3. The van der Waals surface area contributed by atoms with Crippen LogP contribution in [-0.4, -0.2) is 30.6 Å². The number of anilines is 2. The van der Waals surface area contributed by atoms with E-state index in [0.717, 1.165) is 18.8 Å². The predicted molar refractivity (Wildman–Crippen MR) is 84.5 cm³/mol. The highest BCUT2D eigenvalue weighted by Crippen LogP contribution is 2.14. The van der Waals surface area contributed by atoms with Crippen molar-refractivity contribution in [3.63, 3.8) is 0 Å². The average Bonchev–Trinajstić information content (AvgIpc) is 2.42. The van der Waals surface area contributed by atoms with Crippen LogP contribution in [0.1, 0.15) is 16.7 Å². The van der Waals surface area contributed by atoms with E-state index in [1.165, 1.54) is 16.7 Å². The molecule has 1 aromatic heterocycles. The lowest BCUT2D eigenvalue weighted by molar-refractivity contribution is 0.954. The lowest BCUT2D eigenvalue weighted by Crippen LogP contribution is -2.14. The average molecular weight is 270 g/mol. The molecule has 0 aliphatic carbocycles. The third-order valence-electron chi connectivity index (χ3n) is 3.40. The molecular weight excluding hydrogens is 248 g/mol. The van der Waals surface area contributed by atoms with Crippen molar-refractivity contribution in [1.29, 1.82) is 0 Å². The summed E-state index contributed by atoms with van der Waals surface area (Å²) in [5.41, 5.74) is 4.09. The largest absolute Gasteiger partial charge is 0.363 e. The van der Waals surface area contributed by atoms with Gasteiger partial charge < -0.3 is 10.2 Å². The van der Waals surface area contributed by atoms with Gasteiger partial charge in [0.2, 0.25) is 5.95 Å². The van der Waals surface area contributed by atoms with Crippen LogP contribution in [-0.2, 0) is 6.42 Å². The number of hydrogen-bond donors (Lipinski definition) is 1. The predicted octanol–water partition coefficient (Wildman–Crippen LogP) is 2.81. The van der Waals surface area contributed by atoms with Crippen molar-refractivity contribution >= 4 is 11.8 Å². The summed E-state index contributed by atoms with van der Waals surface area (Å²) < 4.78 is 0. The molecule has 0 atom stereocenters. The van der Waals surface area contributed by atoms with Crippen LogP contribution in [0.4, 0.5) is 11.8 Å². The normalized spacial score (nSPS) is 10.4. The lowest BCUT2D eigenvalue weighted by Gasteiger charge is -2.13. The summed E-state index contributed by atoms with van der Waals surface area (Å²) >= 11 is 0. The highest BCUT2D eigenvalue weighted by molar-refractivity contribution is 5.41. The van der Waals surface area contributed by atoms with Crippen molar-refractivity contribution in [3.05, 3.63) is 47.2 Å². The molecule has 0 amide bonds. The Bertz CT molecular complexity index is 558. The van der Waals surface area contributed by atoms with Gasteiger partial charge in [-0.15, -0.1) is 0 Å². The maximum absolute atomic E-state index is 4.45. The molecule has 1 heterocycles. The summed E-state index contributed by atoms with van der Waals surface area (Å²) in [7, 11) is 3.95. The molecule has 0 saturated carbocycles. The van der Waals surface area contributed by atoms with Crippen molar-refractivity contribution in [1.82, 2.24) is 9.97 Å². The fourth-order valence-electron chi connectivity index (χ4n) is 2.23. The summed E-state index contributed by atoms with van der Waals surface area (Å²) in [6, 6.07) is 8.32. The molecule has 1 N–H and O–H groups in total. The van der Waals surface area contributed by atoms with Gasteiger partial charge in [0.1, 0.15) is 5.82 Å². The maximum Gasteiger partial charge on any atom is 0.224 e. The van der Waals surface area contributed by atoms with Crippen LogP contribution in [0.25, 0.3) is 0 Å². The van der Waals surface area contributed by atoms with Gasteiger partial charge in [0, 0.05) is 26.8 Å². The SMILES string of the molecule is Cc1cccc(C)c1CCNc1nccc(N(C)C)n1. The second kappa shape index (κ2) is 6.37. The van der Waals surface area contributed by atoms with Crippen molar-refractivity contribution in [2.45, 2.75) is 20.3 Å². The minimum Gasteiger partial charge on any atom is -0.363 e. The van der Waals surface area contributed by atoms with E-state index >= 15 is 0 Å². The quantitative estimate of drug-likeness (QED) is 0.907. The molecule has 0 radical (unpaired) electrons. The van der Waals surface area contributed by atoms with Gasteiger partial charge in [0.15, 0.2) is 0 Å². The smallest absolute Gasteiger partial charge is 0.224 e. The molecule has 0 aliphatic rings. The van der Waals surface area contributed by atoms with Gasteiger partial charge in [0.25, 0.3) is 0 Å². The summed E-state index contributed by atoms with van der Waals surface area (Å²) in [6.07, 6.45) is 2.76. The van der Waals surface area contributed by atoms with E-state index in [9.17, 15) is 0 Å². The van der Waals surface area contributed by atoms with Gasteiger partial charge in [-0.05, 0) is 43.0 Å². The Hall–Kier alpha value is -2.10. The van der Waals surface area contributed by atoms with Crippen molar-refractivity contribution in [2.75, 3.05) is 30.9 Å². The monoisotopic (exact) mass is 270 g/mol. The van der Waals surface area contributed by atoms with Crippen LogP contribution >= 0.6 is 0 Å². The fraction of sp³-hybridized carbons (Fsp3) is 0.375. The number of aromatic nitrogens is 2. The zero-order chi connectivity index (χ0) is 14.5. The first kappa shape index (κ1) is 14.3. The van der Waals surface area contributed by atoms with Crippen LogP contribution in [0, 0.1) is 13.8 Å². The Morgan fingerprint density at radius 2 is 1.80 bits per heavy atom. The number of hydrogen-bond acceptors (Lipinski definition) is 4. The zero-order valence-corrected chi connectivity index (χ0v) is 12.6. The van der Waals surface area contributed by atoms with Crippen LogP contribution in [0.3, 0.4) is 0 Å². The molecule has 4 heteroatoms. The first-order chi connectivity index (χ1) is 9.58. The molecule has 1 aromatic carbocycles. The van der Waals surface area contributed by atoms with E-state index in [1.54, 1.807) is 6.20 Å². The van der Waals surface area contributed by atoms with Crippen LogP contribution < -0.4 is 10.2 Å². The first-order valence-corrected chi connectivity index (χ1v) is 6.87. The summed E-state index contributed by atoms with van der Waals surface area (Å²) in [5, 5.41) is 3.29.